The molecule has 4 rings (SSSR count). The van der Waals surface area contributed by atoms with Crippen LogP contribution < -0.4 is 10.9 Å². The molecule has 0 atom stereocenters. The summed E-state index contributed by atoms with van der Waals surface area (Å²) >= 11 is 0. The number of aromatic nitrogens is 1. The number of hydrogen-bond donors (Lipinski definition) is 2. The summed E-state index contributed by atoms with van der Waals surface area (Å²) in [4.78, 5) is 2.71. The Labute approximate surface area is 198 Å². The highest BCUT2D eigenvalue weighted by Gasteiger charge is 2.31. The Morgan fingerprint density at radius 2 is 1.70 bits per heavy atom. The second-order valence-corrected chi connectivity index (χ2v) is 11.4. The molecule has 184 valence electrons. The van der Waals surface area contributed by atoms with Gasteiger partial charge in [0, 0.05) is 54.7 Å². The molecule has 2 fully saturated rings. The van der Waals surface area contributed by atoms with Gasteiger partial charge in [-0.2, -0.15) is 8.42 Å². The third kappa shape index (κ3) is 5.62. The van der Waals surface area contributed by atoms with E-state index < -0.39 is 10.3 Å². The number of nitrogens with two attached hydrogens (primary N) is 2. The van der Waals surface area contributed by atoms with E-state index in [0.717, 1.165) is 60.5 Å². The quantitative estimate of drug-likeness (QED) is 0.604. The predicted molar refractivity (Wildman–Crippen MR) is 133 cm³/mol. The zero-order chi connectivity index (χ0) is 23.6. The maximum atomic E-state index is 11.3. The van der Waals surface area contributed by atoms with Gasteiger partial charge in [0.1, 0.15) is 0 Å². The number of nitrogens with zero attached hydrogens (tertiary/aromatic N) is 2. The van der Waals surface area contributed by atoms with Crippen molar-refractivity contribution in [3.63, 3.8) is 0 Å². The molecule has 7 nitrogen and oxygen atoms in total. The highest BCUT2D eigenvalue weighted by Crippen LogP contribution is 2.37. The highest BCUT2D eigenvalue weighted by molar-refractivity contribution is 7.84. The molecule has 1 aliphatic heterocycles. The van der Waals surface area contributed by atoms with Crippen molar-refractivity contribution in [2.24, 2.45) is 22.7 Å². The standard InChI is InChI=1S/C25H40N4O3S/c1-18(2)19-7-9-20(10-8-19)28-14-11-21(12-15-28)29-24-6-4-3-5-22(24)23(17-26)25(29)13-16-32-33(27,30)31/h3-6,18-21H,7-17,26H2,1-2H3,(H2,27,30,31)/t19-,20+. The lowest BCUT2D eigenvalue weighted by molar-refractivity contribution is 0.0888. The lowest BCUT2D eigenvalue weighted by Gasteiger charge is -2.42. The molecule has 33 heavy (non-hydrogen) atoms. The third-order valence-electron chi connectivity index (χ3n) is 7.98. The number of likely N-dealkylation sites (tertiary alicyclic amines) is 1. The summed E-state index contributed by atoms with van der Waals surface area (Å²) in [6, 6.07) is 9.46. The van der Waals surface area contributed by atoms with E-state index in [-0.39, 0.29) is 6.61 Å². The van der Waals surface area contributed by atoms with Crippen molar-refractivity contribution in [1.82, 2.24) is 9.47 Å². The number of hydrogen-bond acceptors (Lipinski definition) is 5. The van der Waals surface area contributed by atoms with E-state index >= 15 is 0 Å². The molecule has 8 heteroatoms. The average Bonchev–Trinajstić information content (AvgIpc) is 3.11. The molecule has 2 aromatic rings. The molecule has 4 N–H and O–H groups in total. The Hall–Kier alpha value is -1.45. The molecule has 0 unspecified atom stereocenters. The van der Waals surface area contributed by atoms with Crippen molar-refractivity contribution >= 4 is 21.2 Å². The fraction of sp³-hybridized carbons (Fsp3) is 0.680. The van der Waals surface area contributed by atoms with Crippen LogP contribution in [0.1, 0.15) is 69.7 Å². The lowest BCUT2D eigenvalue weighted by Crippen LogP contribution is -2.44. The van der Waals surface area contributed by atoms with E-state index in [2.05, 4.69) is 41.5 Å². The number of rotatable bonds is 8. The van der Waals surface area contributed by atoms with Gasteiger partial charge in [-0.15, -0.1) is 0 Å². The molecule has 0 radical (unpaired) electrons. The van der Waals surface area contributed by atoms with Crippen LogP contribution >= 0.6 is 0 Å². The maximum Gasteiger partial charge on any atom is 0.333 e. The molecular weight excluding hydrogens is 436 g/mol. The zero-order valence-corrected chi connectivity index (χ0v) is 20.9. The van der Waals surface area contributed by atoms with E-state index in [9.17, 15) is 8.42 Å². The van der Waals surface area contributed by atoms with Gasteiger partial charge < -0.3 is 15.2 Å². The normalized spacial score (nSPS) is 23.5. The van der Waals surface area contributed by atoms with Gasteiger partial charge in [-0.1, -0.05) is 32.0 Å². The topological polar surface area (TPSA) is 104 Å². The van der Waals surface area contributed by atoms with Crippen molar-refractivity contribution in [2.45, 2.75) is 77.4 Å². The predicted octanol–water partition coefficient (Wildman–Crippen LogP) is 3.71. The van der Waals surface area contributed by atoms with E-state index in [1.807, 2.05) is 6.07 Å². The van der Waals surface area contributed by atoms with Gasteiger partial charge >= 0.3 is 10.3 Å². The number of para-hydroxylation sites is 1. The number of fused-ring (bicyclic) bond motifs is 1. The molecule has 1 aromatic heterocycles. The average molecular weight is 477 g/mol. The minimum absolute atomic E-state index is 0.0279. The Balaban J connectivity index is 1.50. The van der Waals surface area contributed by atoms with Crippen molar-refractivity contribution < 1.29 is 12.6 Å². The van der Waals surface area contributed by atoms with Crippen LogP contribution in [0.5, 0.6) is 0 Å². The summed E-state index contributed by atoms with van der Waals surface area (Å²) in [7, 11) is -3.96. The largest absolute Gasteiger partial charge is 0.341 e. The molecule has 1 saturated heterocycles. The fourth-order valence-corrected chi connectivity index (χ4v) is 6.51. The van der Waals surface area contributed by atoms with E-state index in [4.69, 9.17) is 15.1 Å². The number of piperidine rings is 1. The monoisotopic (exact) mass is 476 g/mol. The summed E-state index contributed by atoms with van der Waals surface area (Å²) in [5, 5.41) is 6.20. The van der Waals surface area contributed by atoms with E-state index in [1.54, 1.807) is 0 Å². The minimum Gasteiger partial charge on any atom is -0.341 e. The summed E-state index contributed by atoms with van der Waals surface area (Å²) in [5.41, 5.74) is 9.51. The molecule has 0 amide bonds. The van der Waals surface area contributed by atoms with E-state index in [1.165, 1.54) is 31.2 Å². The van der Waals surface area contributed by atoms with Crippen molar-refractivity contribution in [3.8, 4) is 0 Å². The first-order valence-electron chi connectivity index (χ1n) is 12.5. The van der Waals surface area contributed by atoms with Crippen molar-refractivity contribution in [3.05, 3.63) is 35.5 Å². The number of benzene rings is 1. The van der Waals surface area contributed by atoms with Gasteiger partial charge in [-0.3, -0.25) is 4.18 Å². The summed E-state index contributed by atoms with van der Waals surface area (Å²) in [6.45, 7) is 7.38. The highest BCUT2D eigenvalue weighted by atomic mass is 32.2. The zero-order valence-electron chi connectivity index (χ0n) is 20.1. The fourth-order valence-electron chi connectivity index (χ4n) is 6.20. The first-order valence-corrected chi connectivity index (χ1v) is 14.0. The van der Waals surface area contributed by atoms with Crippen LogP contribution in [-0.2, 0) is 27.5 Å². The molecule has 1 aromatic carbocycles. The Bertz CT molecular complexity index is 1030. The van der Waals surface area contributed by atoms with E-state index in [0.29, 0.717) is 19.0 Å². The third-order valence-corrected chi connectivity index (χ3v) is 8.48. The van der Waals surface area contributed by atoms with Gasteiger partial charge in [0.15, 0.2) is 0 Å². The Morgan fingerprint density at radius 3 is 2.30 bits per heavy atom. The van der Waals surface area contributed by atoms with Gasteiger partial charge in [-0.05, 0) is 62.0 Å². The second-order valence-electron chi connectivity index (χ2n) is 10.2. The van der Waals surface area contributed by atoms with Crippen LogP contribution in [0.25, 0.3) is 10.9 Å². The van der Waals surface area contributed by atoms with Gasteiger partial charge in [-0.25, -0.2) is 5.14 Å². The van der Waals surface area contributed by atoms with Gasteiger partial charge in [0.05, 0.1) is 6.61 Å². The van der Waals surface area contributed by atoms with Crippen LogP contribution in [-0.4, -0.2) is 43.6 Å². The maximum absolute atomic E-state index is 11.3. The summed E-state index contributed by atoms with van der Waals surface area (Å²) in [5.74, 6) is 1.69. The molecule has 0 bridgehead atoms. The first-order chi connectivity index (χ1) is 15.8. The molecule has 1 saturated carbocycles. The van der Waals surface area contributed by atoms with Crippen LogP contribution in [0.4, 0.5) is 0 Å². The smallest absolute Gasteiger partial charge is 0.333 e. The van der Waals surface area contributed by atoms with Crippen molar-refractivity contribution in [2.75, 3.05) is 19.7 Å². The second kappa shape index (κ2) is 10.4. The molecule has 1 aliphatic carbocycles. The molecule has 0 spiro atoms. The molecule has 2 heterocycles. The summed E-state index contributed by atoms with van der Waals surface area (Å²) in [6.07, 6.45) is 8.03. The van der Waals surface area contributed by atoms with Crippen molar-refractivity contribution in [1.29, 1.82) is 0 Å². The van der Waals surface area contributed by atoms with Crippen LogP contribution in [0.3, 0.4) is 0 Å². The summed E-state index contributed by atoms with van der Waals surface area (Å²) < 4.78 is 29.9. The molecular formula is C25H40N4O3S. The van der Waals surface area contributed by atoms with Crippen LogP contribution in [0.15, 0.2) is 24.3 Å². The Kier molecular flexibility index (Phi) is 7.80. The SMILES string of the molecule is CC(C)[C@H]1CC[C@@H](N2CCC(n3c(CCOS(N)(=O)=O)c(CN)c4ccccc43)CC2)CC1. The lowest BCUT2D eigenvalue weighted by atomic mass is 9.79. The first kappa shape index (κ1) is 24.7. The van der Waals surface area contributed by atoms with Crippen LogP contribution in [0.2, 0.25) is 0 Å². The van der Waals surface area contributed by atoms with Gasteiger partial charge in [0.25, 0.3) is 0 Å². The minimum atomic E-state index is -3.96. The van der Waals surface area contributed by atoms with Crippen LogP contribution in [0, 0.1) is 11.8 Å². The van der Waals surface area contributed by atoms with Gasteiger partial charge in [0.2, 0.25) is 0 Å². The molecule has 2 aliphatic rings. The Morgan fingerprint density at radius 1 is 1.03 bits per heavy atom.